The van der Waals surface area contributed by atoms with Crippen LogP contribution in [0.3, 0.4) is 0 Å². The minimum Gasteiger partial charge on any atom is -0.341 e. The third kappa shape index (κ3) is 2.87. The molecule has 80 valence electrons. The molecule has 0 bridgehead atoms. The molecule has 0 saturated carbocycles. The third-order valence-electron chi connectivity index (χ3n) is 2.41. The van der Waals surface area contributed by atoms with E-state index in [1.54, 1.807) is 16.7 Å². The van der Waals surface area contributed by atoms with Gasteiger partial charge in [0.2, 0.25) is 11.8 Å². The number of amides is 2. The number of nitrogens with zero attached hydrogens (tertiary/aromatic N) is 2. The van der Waals surface area contributed by atoms with Crippen LogP contribution in [0.2, 0.25) is 0 Å². The van der Waals surface area contributed by atoms with Crippen LogP contribution in [0.25, 0.3) is 0 Å². The Hall–Kier alpha value is -0.770. The first-order valence-corrected chi connectivity index (χ1v) is 5.28. The molecule has 0 aromatic rings. The topological polar surface area (TPSA) is 40.6 Å². The molecule has 1 saturated heterocycles. The quantitative estimate of drug-likeness (QED) is 0.595. The summed E-state index contributed by atoms with van der Waals surface area (Å²) >= 11 is 5.47. The molecule has 1 rings (SSSR count). The van der Waals surface area contributed by atoms with E-state index >= 15 is 0 Å². The molecule has 1 aliphatic heterocycles. The zero-order chi connectivity index (χ0) is 10.6. The molecule has 0 aromatic heterocycles. The second kappa shape index (κ2) is 5.20. The predicted molar refractivity (Wildman–Crippen MR) is 54.2 cm³/mol. The molecule has 0 unspecified atom stereocenters. The number of alkyl halides is 1. The summed E-state index contributed by atoms with van der Waals surface area (Å²) < 4.78 is 0. The maximum absolute atomic E-state index is 11.3. The van der Waals surface area contributed by atoms with Crippen molar-refractivity contribution in [3.8, 4) is 0 Å². The SMILES string of the molecule is CC(=O)N1CCCN(C(=O)CCl)CC1. The van der Waals surface area contributed by atoms with E-state index in [4.69, 9.17) is 11.6 Å². The molecule has 4 nitrogen and oxygen atoms in total. The molecule has 0 aromatic carbocycles. The van der Waals surface area contributed by atoms with Crippen molar-refractivity contribution in [1.29, 1.82) is 0 Å². The average Bonchev–Trinajstić information content (AvgIpc) is 2.41. The van der Waals surface area contributed by atoms with Gasteiger partial charge in [-0.05, 0) is 6.42 Å². The second-order valence-corrected chi connectivity index (χ2v) is 3.64. The summed E-state index contributed by atoms with van der Waals surface area (Å²) in [4.78, 5) is 25.9. The maximum Gasteiger partial charge on any atom is 0.237 e. The lowest BCUT2D eigenvalue weighted by molar-refractivity contribution is -0.131. The van der Waals surface area contributed by atoms with Crippen molar-refractivity contribution >= 4 is 23.4 Å². The molecule has 14 heavy (non-hydrogen) atoms. The highest BCUT2D eigenvalue weighted by Crippen LogP contribution is 2.04. The van der Waals surface area contributed by atoms with Crippen LogP contribution in [0.4, 0.5) is 0 Å². The molecular weight excluding hydrogens is 204 g/mol. The van der Waals surface area contributed by atoms with Crippen molar-refractivity contribution < 1.29 is 9.59 Å². The van der Waals surface area contributed by atoms with Gasteiger partial charge < -0.3 is 9.80 Å². The first kappa shape index (κ1) is 11.3. The van der Waals surface area contributed by atoms with Gasteiger partial charge >= 0.3 is 0 Å². The first-order chi connectivity index (χ1) is 6.65. The fraction of sp³-hybridized carbons (Fsp3) is 0.778. The van der Waals surface area contributed by atoms with Gasteiger partial charge in [0, 0.05) is 33.1 Å². The highest BCUT2D eigenvalue weighted by molar-refractivity contribution is 6.27. The summed E-state index contributed by atoms with van der Waals surface area (Å²) in [6.07, 6.45) is 0.836. The van der Waals surface area contributed by atoms with Crippen LogP contribution in [0.5, 0.6) is 0 Å². The van der Waals surface area contributed by atoms with Crippen molar-refractivity contribution in [3.05, 3.63) is 0 Å². The van der Waals surface area contributed by atoms with E-state index in [9.17, 15) is 9.59 Å². The largest absolute Gasteiger partial charge is 0.341 e. The van der Waals surface area contributed by atoms with Gasteiger partial charge in [0.25, 0.3) is 0 Å². The van der Waals surface area contributed by atoms with Crippen LogP contribution < -0.4 is 0 Å². The van der Waals surface area contributed by atoms with Crippen LogP contribution in [0.15, 0.2) is 0 Å². The molecular formula is C9H15ClN2O2. The predicted octanol–water partition coefficient (Wildman–Crippen LogP) is 0.306. The second-order valence-electron chi connectivity index (χ2n) is 3.37. The van der Waals surface area contributed by atoms with Gasteiger partial charge in [-0.3, -0.25) is 9.59 Å². The molecule has 5 heteroatoms. The van der Waals surface area contributed by atoms with Crippen molar-refractivity contribution in [1.82, 2.24) is 9.80 Å². The molecule has 0 spiro atoms. The van der Waals surface area contributed by atoms with Gasteiger partial charge in [-0.25, -0.2) is 0 Å². The molecule has 1 fully saturated rings. The van der Waals surface area contributed by atoms with Crippen molar-refractivity contribution in [2.24, 2.45) is 0 Å². The normalized spacial score (nSPS) is 17.9. The van der Waals surface area contributed by atoms with Gasteiger partial charge in [0.1, 0.15) is 5.88 Å². The Morgan fingerprint density at radius 2 is 1.71 bits per heavy atom. The molecule has 0 radical (unpaired) electrons. The van der Waals surface area contributed by atoms with Gasteiger partial charge in [0.05, 0.1) is 0 Å². The van der Waals surface area contributed by atoms with Gasteiger partial charge in [-0.15, -0.1) is 11.6 Å². The lowest BCUT2D eigenvalue weighted by Crippen LogP contribution is -2.37. The van der Waals surface area contributed by atoms with E-state index in [1.165, 1.54) is 0 Å². The molecule has 1 heterocycles. The summed E-state index contributed by atoms with van der Waals surface area (Å²) in [6, 6.07) is 0. The fourth-order valence-electron chi connectivity index (χ4n) is 1.57. The fourth-order valence-corrected chi connectivity index (χ4v) is 1.74. The molecule has 2 amide bonds. The Bertz CT molecular complexity index is 233. The summed E-state index contributed by atoms with van der Waals surface area (Å²) in [7, 11) is 0. The molecule has 0 N–H and O–H groups in total. The Morgan fingerprint density at radius 1 is 1.14 bits per heavy atom. The highest BCUT2D eigenvalue weighted by Gasteiger charge is 2.19. The van der Waals surface area contributed by atoms with Gasteiger partial charge in [0.15, 0.2) is 0 Å². The highest BCUT2D eigenvalue weighted by atomic mass is 35.5. The van der Waals surface area contributed by atoms with E-state index in [1.807, 2.05) is 0 Å². The molecule has 0 atom stereocenters. The van der Waals surface area contributed by atoms with Crippen LogP contribution in [0, 0.1) is 0 Å². The number of hydrogen-bond donors (Lipinski definition) is 0. The number of hydrogen-bond acceptors (Lipinski definition) is 2. The summed E-state index contributed by atoms with van der Waals surface area (Å²) in [5.41, 5.74) is 0. The van der Waals surface area contributed by atoms with Crippen LogP contribution in [-0.2, 0) is 9.59 Å². The minimum absolute atomic E-state index is 0.0278. The average molecular weight is 219 g/mol. The number of rotatable bonds is 1. The van der Waals surface area contributed by atoms with Crippen molar-refractivity contribution in [3.63, 3.8) is 0 Å². The Balaban J connectivity index is 2.48. The smallest absolute Gasteiger partial charge is 0.237 e. The summed E-state index contributed by atoms with van der Waals surface area (Å²) in [6.45, 7) is 4.22. The van der Waals surface area contributed by atoms with E-state index in [0.29, 0.717) is 19.6 Å². The minimum atomic E-state index is -0.0444. The summed E-state index contributed by atoms with van der Waals surface area (Å²) in [5.74, 6) is 0.0577. The Labute approximate surface area is 88.8 Å². The lowest BCUT2D eigenvalue weighted by Gasteiger charge is -2.20. The maximum atomic E-state index is 11.3. The van der Waals surface area contributed by atoms with Gasteiger partial charge in [-0.2, -0.15) is 0 Å². The van der Waals surface area contributed by atoms with Crippen molar-refractivity contribution in [2.75, 3.05) is 32.1 Å². The van der Waals surface area contributed by atoms with E-state index in [0.717, 1.165) is 13.0 Å². The van der Waals surface area contributed by atoms with Crippen LogP contribution in [-0.4, -0.2) is 53.7 Å². The van der Waals surface area contributed by atoms with Crippen molar-refractivity contribution in [2.45, 2.75) is 13.3 Å². The molecule has 0 aliphatic carbocycles. The Kier molecular flexibility index (Phi) is 4.20. The van der Waals surface area contributed by atoms with Crippen LogP contribution >= 0.6 is 11.6 Å². The zero-order valence-corrected chi connectivity index (χ0v) is 9.09. The van der Waals surface area contributed by atoms with E-state index in [-0.39, 0.29) is 17.7 Å². The zero-order valence-electron chi connectivity index (χ0n) is 8.33. The first-order valence-electron chi connectivity index (χ1n) is 4.74. The Morgan fingerprint density at radius 3 is 2.29 bits per heavy atom. The molecule has 1 aliphatic rings. The van der Waals surface area contributed by atoms with Gasteiger partial charge in [-0.1, -0.05) is 0 Å². The monoisotopic (exact) mass is 218 g/mol. The van der Waals surface area contributed by atoms with E-state index in [2.05, 4.69) is 0 Å². The standard InChI is InChI=1S/C9H15ClN2O2/c1-8(13)11-3-2-4-12(6-5-11)9(14)7-10/h2-7H2,1H3. The van der Waals surface area contributed by atoms with E-state index < -0.39 is 0 Å². The lowest BCUT2D eigenvalue weighted by atomic mass is 10.4. The number of carbonyl (C=O) groups excluding carboxylic acids is 2. The summed E-state index contributed by atoms with van der Waals surface area (Å²) in [5, 5.41) is 0. The number of carbonyl (C=O) groups is 2. The van der Waals surface area contributed by atoms with Crippen LogP contribution in [0.1, 0.15) is 13.3 Å². The third-order valence-corrected chi connectivity index (χ3v) is 2.64. The number of halogens is 1.